The van der Waals surface area contributed by atoms with Gasteiger partial charge in [0, 0.05) is 32.1 Å². The molecular formula is C24H24N4O4. The predicted molar refractivity (Wildman–Crippen MR) is 119 cm³/mol. The first-order chi connectivity index (χ1) is 15.5. The number of aryl methyl sites for hydroxylation is 1. The molecule has 0 radical (unpaired) electrons. The van der Waals surface area contributed by atoms with E-state index in [4.69, 9.17) is 4.74 Å². The number of benzene rings is 1. The minimum absolute atomic E-state index is 0.0996. The molecule has 2 aliphatic rings. The number of nitrogens with zero attached hydrogens (tertiary/aromatic N) is 4. The fourth-order valence-corrected chi connectivity index (χ4v) is 4.61. The summed E-state index contributed by atoms with van der Waals surface area (Å²) in [7, 11) is 1.57. The standard InChI is InChI=1S/C24H24N4O4/c1-15-6-7-20(32-2)19(11-15)28-13-16(12-22(28)29)23(30)26-10-8-18-17(14-26)24(31)27-9-4-3-5-21(27)25-18/h3-7,9,11,16H,8,10,12-14H2,1-2H3. The molecule has 8 heteroatoms. The highest BCUT2D eigenvalue weighted by Crippen LogP contribution is 2.34. The number of rotatable bonds is 3. The van der Waals surface area contributed by atoms with Crippen molar-refractivity contribution in [3.05, 3.63) is 69.8 Å². The molecule has 3 aromatic rings. The molecule has 1 saturated heterocycles. The van der Waals surface area contributed by atoms with Gasteiger partial charge in [0.25, 0.3) is 5.56 Å². The van der Waals surface area contributed by atoms with Crippen LogP contribution < -0.4 is 15.2 Å². The van der Waals surface area contributed by atoms with Crippen LogP contribution in [0.5, 0.6) is 5.75 Å². The van der Waals surface area contributed by atoms with Crippen molar-refractivity contribution in [2.24, 2.45) is 5.92 Å². The molecule has 0 N–H and O–H groups in total. The summed E-state index contributed by atoms with van der Waals surface area (Å²) in [6.07, 6.45) is 2.36. The predicted octanol–water partition coefficient (Wildman–Crippen LogP) is 1.95. The van der Waals surface area contributed by atoms with E-state index in [0.29, 0.717) is 42.2 Å². The van der Waals surface area contributed by atoms with E-state index in [2.05, 4.69) is 4.98 Å². The molecule has 2 amide bonds. The van der Waals surface area contributed by atoms with Crippen LogP contribution in [0.15, 0.2) is 47.4 Å². The Balaban J connectivity index is 1.38. The highest BCUT2D eigenvalue weighted by molar-refractivity contribution is 6.01. The van der Waals surface area contributed by atoms with E-state index in [1.165, 1.54) is 4.40 Å². The van der Waals surface area contributed by atoms with E-state index in [-0.39, 0.29) is 30.3 Å². The van der Waals surface area contributed by atoms with Gasteiger partial charge in [-0.1, -0.05) is 12.1 Å². The minimum atomic E-state index is -0.453. The fraction of sp³-hybridized carbons (Fsp3) is 0.333. The third-order valence-electron chi connectivity index (χ3n) is 6.29. The molecule has 1 unspecified atom stereocenters. The molecule has 0 spiro atoms. The normalized spacial score (nSPS) is 18.2. The number of anilines is 1. The van der Waals surface area contributed by atoms with Crippen LogP contribution in [0, 0.1) is 12.8 Å². The summed E-state index contributed by atoms with van der Waals surface area (Å²) >= 11 is 0. The SMILES string of the molecule is COc1ccc(C)cc1N1CC(C(=O)N2CCc3nc4ccccn4c(=O)c3C2)CC1=O. The number of aromatic nitrogens is 2. The van der Waals surface area contributed by atoms with Gasteiger partial charge in [0.2, 0.25) is 11.8 Å². The summed E-state index contributed by atoms with van der Waals surface area (Å²) in [5, 5.41) is 0. The second-order valence-corrected chi connectivity index (χ2v) is 8.36. The van der Waals surface area contributed by atoms with Gasteiger partial charge in [-0.15, -0.1) is 0 Å². The number of amides is 2. The molecular weight excluding hydrogens is 408 g/mol. The number of hydrogen-bond acceptors (Lipinski definition) is 5. The zero-order valence-electron chi connectivity index (χ0n) is 18.1. The van der Waals surface area contributed by atoms with E-state index in [0.717, 1.165) is 11.3 Å². The molecule has 1 atom stereocenters. The second kappa shape index (κ2) is 7.78. The van der Waals surface area contributed by atoms with Crippen molar-refractivity contribution in [3.8, 4) is 5.75 Å². The van der Waals surface area contributed by atoms with Gasteiger partial charge in [-0.05, 0) is 36.8 Å². The minimum Gasteiger partial charge on any atom is -0.495 e. The molecule has 8 nitrogen and oxygen atoms in total. The quantitative estimate of drug-likeness (QED) is 0.632. The average Bonchev–Trinajstić information content (AvgIpc) is 3.20. The molecule has 2 aliphatic heterocycles. The van der Waals surface area contributed by atoms with Crippen molar-refractivity contribution in [2.75, 3.05) is 25.1 Å². The van der Waals surface area contributed by atoms with Gasteiger partial charge in [0.1, 0.15) is 11.4 Å². The average molecular weight is 432 g/mol. The molecule has 0 saturated carbocycles. The van der Waals surface area contributed by atoms with E-state index in [9.17, 15) is 14.4 Å². The highest BCUT2D eigenvalue weighted by atomic mass is 16.5. The number of fused-ring (bicyclic) bond motifs is 2. The molecule has 0 aliphatic carbocycles. The lowest BCUT2D eigenvalue weighted by Crippen LogP contribution is -2.43. The summed E-state index contributed by atoms with van der Waals surface area (Å²) in [5.41, 5.74) is 3.47. The van der Waals surface area contributed by atoms with Crippen LogP contribution in [-0.4, -0.2) is 46.3 Å². The molecule has 5 rings (SSSR count). The molecule has 32 heavy (non-hydrogen) atoms. The fourth-order valence-electron chi connectivity index (χ4n) is 4.61. The Morgan fingerprint density at radius 3 is 2.84 bits per heavy atom. The van der Waals surface area contributed by atoms with Gasteiger partial charge in [-0.3, -0.25) is 18.8 Å². The third-order valence-corrected chi connectivity index (χ3v) is 6.29. The van der Waals surface area contributed by atoms with Crippen LogP contribution in [0.25, 0.3) is 5.65 Å². The Labute approximate surface area is 185 Å². The van der Waals surface area contributed by atoms with Gasteiger partial charge in [-0.2, -0.15) is 0 Å². The van der Waals surface area contributed by atoms with Gasteiger partial charge in [0.05, 0.1) is 36.5 Å². The highest BCUT2D eigenvalue weighted by Gasteiger charge is 2.39. The summed E-state index contributed by atoms with van der Waals surface area (Å²) in [5.74, 6) is -0.0477. The van der Waals surface area contributed by atoms with Crippen molar-refractivity contribution in [3.63, 3.8) is 0 Å². The lowest BCUT2D eigenvalue weighted by atomic mass is 10.0. The first-order valence-electron chi connectivity index (χ1n) is 10.7. The first-order valence-corrected chi connectivity index (χ1v) is 10.7. The van der Waals surface area contributed by atoms with Gasteiger partial charge in [0.15, 0.2) is 0 Å². The lowest BCUT2D eigenvalue weighted by Gasteiger charge is -2.30. The van der Waals surface area contributed by atoms with Gasteiger partial charge >= 0.3 is 0 Å². The molecule has 1 fully saturated rings. The van der Waals surface area contributed by atoms with Crippen LogP contribution in [-0.2, 0) is 22.6 Å². The monoisotopic (exact) mass is 432 g/mol. The zero-order chi connectivity index (χ0) is 22.4. The van der Waals surface area contributed by atoms with Crippen LogP contribution in [0.3, 0.4) is 0 Å². The summed E-state index contributed by atoms with van der Waals surface area (Å²) < 4.78 is 6.94. The number of carbonyl (C=O) groups excluding carboxylic acids is 2. The number of pyridine rings is 1. The molecule has 164 valence electrons. The molecule has 0 bridgehead atoms. The zero-order valence-corrected chi connectivity index (χ0v) is 18.1. The van der Waals surface area contributed by atoms with Crippen molar-refractivity contribution in [1.82, 2.24) is 14.3 Å². The van der Waals surface area contributed by atoms with Crippen LogP contribution in [0.2, 0.25) is 0 Å². The van der Waals surface area contributed by atoms with Gasteiger partial charge in [-0.25, -0.2) is 4.98 Å². The van der Waals surface area contributed by atoms with Crippen LogP contribution in [0.1, 0.15) is 23.2 Å². The molecule has 4 heterocycles. The Morgan fingerprint density at radius 1 is 1.19 bits per heavy atom. The maximum absolute atomic E-state index is 13.3. The van der Waals surface area contributed by atoms with E-state index in [1.54, 1.807) is 35.2 Å². The van der Waals surface area contributed by atoms with E-state index in [1.807, 2.05) is 31.2 Å². The van der Waals surface area contributed by atoms with Gasteiger partial charge < -0.3 is 14.5 Å². The lowest BCUT2D eigenvalue weighted by molar-refractivity contribution is -0.136. The molecule has 2 aromatic heterocycles. The Hall–Kier alpha value is -3.68. The summed E-state index contributed by atoms with van der Waals surface area (Å²) in [4.78, 5) is 47.0. The van der Waals surface area contributed by atoms with Crippen molar-refractivity contribution in [1.29, 1.82) is 0 Å². The van der Waals surface area contributed by atoms with E-state index >= 15 is 0 Å². The topological polar surface area (TPSA) is 84.2 Å². The van der Waals surface area contributed by atoms with Crippen molar-refractivity contribution >= 4 is 23.1 Å². The maximum Gasteiger partial charge on any atom is 0.263 e. The Morgan fingerprint density at radius 2 is 2.03 bits per heavy atom. The smallest absolute Gasteiger partial charge is 0.263 e. The third kappa shape index (κ3) is 3.32. The van der Waals surface area contributed by atoms with Crippen LogP contribution >= 0.6 is 0 Å². The Bertz CT molecular complexity index is 1300. The number of carbonyl (C=O) groups is 2. The summed E-state index contributed by atoms with van der Waals surface area (Å²) in [6, 6.07) is 11.1. The second-order valence-electron chi connectivity index (χ2n) is 8.36. The summed E-state index contributed by atoms with van der Waals surface area (Å²) in [6.45, 7) is 2.96. The molecule has 1 aromatic carbocycles. The number of methoxy groups -OCH3 is 1. The van der Waals surface area contributed by atoms with Crippen LogP contribution in [0.4, 0.5) is 5.69 Å². The van der Waals surface area contributed by atoms with Crippen molar-refractivity contribution in [2.45, 2.75) is 26.3 Å². The number of ether oxygens (including phenoxy) is 1. The largest absolute Gasteiger partial charge is 0.495 e. The first kappa shape index (κ1) is 20.2. The Kier molecular flexibility index (Phi) is 4.92. The number of hydrogen-bond donors (Lipinski definition) is 0. The maximum atomic E-state index is 13.3. The van der Waals surface area contributed by atoms with Crippen molar-refractivity contribution < 1.29 is 14.3 Å². The van der Waals surface area contributed by atoms with E-state index < -0.39 is 5.92 Å².